The van der Waals surface area contributed by atoms with Gasteiger partial charge < -0.3 is 10.1 Å². The number of ether oxygens (including phenoxy) is 1. The Labute approximate surface area is 150 Å². The van der Waals surface area contributed by atoms with E-state index in [1.54, 1.807) is 7.11 Å². The van der Waals surface area contributed by atoms with Gasteiger partial charge in [0.2, 0.25) is 11.0 Å². The highest BCUT2D eigenvalue weighted by atomic mass is 32.1. The molecular formula is C19H19N3O2S. The number of amides is 1. The van der Waals surface area contributed by atoms with Crippen molar-refractivity contribution in [2.24, 2.45) is 0 Å². The minimum absolute atomic E-state index is 0.0957. The van der Waals surface area contributed by atoms with Gasteiger partial charge in [-0.1, -0.05) is 42.5 Å². The predicted molar refractivity (Wildman–Crippen MR) is 100 cm³/mol. The van der Waals surface area contributed by atoms with Gasteiger partial charge in [-0.2, -0.15) is 0 Å². The minimum atomic E-state index is -0.0957. The molecule has 0 fully saturated rings. The van der Waals surface area contributed by atoms with Crippen LogP contribution in [0, 0.1) is 0 Å². The van der Waals surface area contributed by atoms with E-state index in [1.165, 1.54) is 16.9 Å². The largest absolute Gasteiger partial charge is 0.497 e. The van der Waals surface area contributed by atoms with Crippen molar-refractivity contribution < 1.29 is 9.53 Å². The molecule has 0 bridgehead atoms. The van der Waals surface area contributed by atoms with Crippen LogP contribution in [0.4, 0.5) is 5.13 Å². The molecule has 0 saturated carbocycles. The van der Waals surface area contributed by atoms with Gasteiger partial charge in [0, 0.05) is 5.56 Å². The first-order valence-electron chi connectivity index (χ1n) is 8.03. The second-order valence-electron chi connectivity index (χ2n) is 5.54. The molecule has 0 aliphatic carbocycles. The number of carbonyl (C=O) groups excluding carboxylic acids is 1. The van der Waals surface area contributed by atoms with Gasteiger partial charge in [-0.3, -0.25) is 4.79 Å². The van der Waals surface area contributed by atoms with E-state index in [-0.39, 0.29) is 5.91 Å². The minimum Gasteiger partial charge on any atom is -0.497 e. The number of methoxy groups -OCH3 is 1. The lowest BCUT2D eigenvalue weighted by molar-refractivity contribution is -0.115. The Morgan fingerprint density at radius 2 is 1.72 bits per heavy atom. The van der Waals surface area contributed by atoms with Crippen molar-refractivity contribution in [1.29, 1.82) is 0 Å². The van der Waals surface area contributed by atoms with E-state index >= 15 is 0 Å². The first-order valence-corrected chi connectivity index (χ1v) is 8.85. The molecule has 1 heterocycles. The lowest BCUT2D eigenvalue weighted by Gasteiger charge is -2.03. The van der Waals surface area contributed by atoms with Crippen molar-refractivity contribution in [3.63, 3.8) is 0 Å². The second-order valence-corrected chi connectivity index (χ2v) is 6.51. The zero-order valence-electron chi connectivity index (χ0n) is 14.2. The van der Waals surface area contributed by atoms with Gasteiger partial charge in [0.25, 0.3) is 0 Å². The Morgan fingerprint density at radius 1 is 1.04 bits per heavy atom. The maximum absolute atomic E-state index is 12.2. The number of aromatic nitrogens is 2. The van der Waals surface area contributed by atoms with Gasteiger partial charge in [-0.05, 0) is 41.8 Å². The lowest BCUT2D eigenvalue weighted by Crippen LogP contribution is -2.14. The standard InChI is InChI=1S/C19H19N3O2S/c1-3-13-4-6-14(7-5-13)12-17(23)20-19-22-21-18(25-19)15-8-10-16(24-2)11-9-15/h4-11H,3,12H2,1-2H3,(H,20,22,23). The van der Waals surface area contributed by atoms with E-state index in [0.29, 0.717) is 11.6 Å². The van der Waals surface area contributed by atoms with Crippen molar-refractivity contribution in [1.82, 2.24) is 10.2 Å². The molecule has 2 aromatic carbocycles. The zero-order chi connectivity index (χ0) is 17.6. The summed E-state index contributed by atoms with van der Waals surface area (Å²) < 4.78 is 5.14. The number of carbonyl (C=O) groups is 1. The number of nitrogens with one attached hydrogen (secondary N) is 1. The Kier molecular flexibility index (Phi) is 5.40. The van der Waals surface area contributed by atoms with Crippen LogP contribution in [-0.2, 0) is 17.6 Å². The summed E-state index contributed by atoms with van der Waals surface area (Å²) in [7, 11) is 1.63. The molecule has 0 atom stereocenters. The molecule has 5 nitrogen and oxygen atoms in total. The Morgan fingerprint density at radius 3 is 2.36 bits per heavy atom. The number of nitrogens with zero attached hydrogens (tertiary/aromatic N) is 2. The van der Waals surface area contributed by atoms with Crippen LogP contribution in [0.2, 0.25) is 0 Å². The van der Waals surface area contributed by atoms with Gasteiger partial charge in [0.15, 0.2) is 0 Å². The Balaban J connectivity index is 1.62. The third kappa shape index (κ3) is 4.42. The van der Waals surface area contributed by atoms with Crippen LogP contribution in [0.1, 0.15) is 18.1 Å². The average Bonchev–Trinajstić information content (AvgIpc) is 3.10. The summed E-state index contributed by atoms with van der Waals surface area (Å²) in [5, 5.41) is 12.3. The van der Waals surface area contributed by atoms with Gasteiger partial charge in [-0.15, -0.1) is 10.2 Å². The Bertz CT molecular complexity index is 842. The third-order valence-corrected chi connectivity index (χ3v) is 4.69. The Hall–Kier alpha value is -2.73. The molecule has 1 amide bonds. The molecule has 0 unspecified atom stereocenters. The molecule has 6 heteroatoms. The van der Waals surface area contributed by atoms with E-state index in [9.17, 15) is 4.79 Å². The first kappa shape index (κ1) is 17.1. The van der Waals surface area contributed by atoms with Crippen molar-refractivity contribution in [2.45, 2.75) is 19.8 Å². The summed E-state index contributed by atoms with van der Waals surface area (Å²) in [6.45, 7) is 2.11. The molecule has 0 radical (unpaired) electrons. The van der Waals surface area contributed by atoms with Gasteiger partial charge in [0.05, 0.1) is 13.5 Å². The van der Waals surface area contributed by atoms with Gasteiger partial charge in [-0.25, -0.2) is 0 Å². The summed E-state index contributed by atoms with van der Waals surface area (Å²) in [5.41, 5.74) is 3.18. The first-order chi connectivity index (χ1) is 12.2. The summed E-state index contributed by atoms with van der Waals surface area (Å²) in [6, 6.07) is 15.7. The number of benzene rings is 2. The van der Waals surface area contributed by atoms with E-state index < -0.39 is 0 Å². The molecule has 0 saturated heterocycles. The lowest BCUT2D eigenvalue weighted by atomic mass is 10.1. The van der Waals surface area contributed by atoms with E-state index in [2.05, 4.69) is 34.6 Å². The van der Waals surface area contributed by atoms with E-state index in [0.717, 1.165) is 28.3 Å². The van der Waals surface area contributed by atoms with Crippen LogP contribution >= 0.6 is 11.3 Å². The van der Waals surface area contributed by atoms with Crippen LogP contribution in [0.25, 0.3) is 10.6 Å². The van der Waals surface area contributed by atoms with Crippen LogP contribution in [0.15, 0.2) is 48.5 Å². The average molecular weight is 353 g/mol. The van der Waals surface area contributed by atoms with Crippen LogP contribution in [-0.4, -0.2) is 23.2 Å². The molecule has 128 valence electrons. The topological polar surface area (TPSA) is 64.1 Å². The smallest absolute Gasteiger partial charge is 0.230 e. The molecular weight excluding hydrogens is 334 g/mol. The number of aryl methyl sites for hydroxylation is 1. The van der Waals surface area contributed by atoms with Crippen molar-refractivity contribution in [3.8, 4) is 16.3 Å². The van der Waals surface area contributed by atoms with Crippen LogP contribution in [0.3, 0.4) is 0 Å². The summed E-state index contributed by atoms with van der Waals surface area (Å²) in [5.74, 6) is 0.692. The fourth-order valence-electron chi connectivity index (χ4n) is 2.37. The molecule has 25 heavy (non-hydrogen) atoms. The van der Waals surface area contributed by atoms with E-state index in [1.807, 2.05) is 36.4 Å². The van der Waals surface area contributed by atoms with Crippen LogP contribution < -0.4 is 10.1 Å². The molecule has 1 N–H and O–H groups in total. The SMILES string of the molecule is CCc1ccc(CC(=O)Nc2nnc(-c3ccc(OC)cc3)s2)cc1. The maximum atomic E-state index is 12.2. The monoisotopic (exact) mass is 353 g/mol. The summed E-state index contributed by atoms with van der Waals surface area (Å²) in [4.78, 5) is 12.2. The number of rotatable bonds is 6. The molecule has 3 aromatic rings. The fourth-order valence-corrected chi connectivity index (χ4v) is 3.13. The molecule has 0 spiro atoms. The molecule has 0 aliphatic heterocycles. The molecule has 1 aromatic heterocycles. The zero-order valence-corrected chi connectivity index (χ0v) is 15.0. The van der Waals surface area contributed by atoms with Gasteiger partial charge >= 0.3 is 0 Å². The molecule has 0 aliphatic rings. The number of hydrogen-bond acceptors (Lipinski definition) is 5. The highest BCUT2D eigenvalue weighted by molar-refractivity contribution is 7.18. The number of anilines is 1. The fraction of sp³-hybridized carbons (Fsp3) is 0.211. The second kappa shape index (κ2) is 7.90. The quantitative estimate of drug-likeness (QED) is 0.728. The van der Waals surface area contributed by atoms with Gasteiger partial charge in [0.1, 0.15) is 10.8 Å². The van der Waals surface area contributed by atoms with Crippen molar-refractivity contribution in [3.05, 3.63) is 59.7 Å². The van der Waals surface area contributed by atoms with Crippen molar-refractivity contribution >= 4 is 22.4 Å². The predicted octanol–water partition coefficient (Wildman–Crippen LogP) is 3.96. The highest BCUT2D eigenvalue weighted by Gasteiger charge is 2.10. The third-order valence-electron chi connectivity index (χ3n) is 3.80. The normalized spacial score (nSPS) is 10.5. The highest BCUT2D eigenvalue weighted by Crippen LogP contribution is 2.27. The van der Waals surface area contributed by atoms with E-state index in [4.69, 9.17) is 4.74 Å². The van der Waals surface area contributed by atoms with Crippen molar-refractivity contribution in [2.75, 3.05) is 12.4 Å². The summed E-state index contributed by atoms with van der Waals surface area (Å²) >= 11 is 1.35. The maximum Gasteiger partial charge on any atom is 0.230 e. The van der Waals surface area contributed by atoms with Crippen LogP contribution in [0.5, 0.6) is 5.75 Å². The molecule has 3 rings (SSSR count). The summed E-state index contributed by atoms with van der Waals surface area (Å²) in [6.07, 6.45) is 1.31. The number of hydrogen-bond donors (Lipinski definition) is 1.